The fraction of sp³-hybridized carbons (Fsp3) is 0.972. The van der Waals surface area contributed by atoms with E-state index in [0.29, 0.717) is 12.8 Å². The summed E-state index contributed by atoms with van der Waals surface area (Å²) in [6.07, 6.45) is 33.6. The van der Waals surface area contributed by atoms with Crippen molar-refractivity contribution in [2.45, 2.75) is 218 Å². The molecule has 3 atom stereocenters. The summed E-state index contributed by atoms with van der Waals surface area (Å²) in [5.74, 6) is -0.285. The summed E-state index contributed by atoms with van der Waals surface area (Å²) in [6, 6.07) is -0.649. The Kier molecular flexibility index (Phi) is 31.8. The number of unbranched alkanes of at least 4 members (excludes halogenated alkanes) is 24. The van der Waals surface area contributed by atoms with Gasteiger partial charge in [0.15, 0.2) is 0 Å². The Labute approximate surface area is 256 Å². The second-order valence-electron chi connectivity index (χ2n) is 12.8. The normalized spacial score (nSPS) is 13.8. The molecule has 3 unspecified atom stereocenters. The van der Waals surface area contributed by atoms with Crippen molar-refractivity contribution >= 4 is 5.91 Å². The third-order valence-electron chi connectivity index (χ3n) is 8.67. The number of aliphatic hydroxyl groups is 3. The first-order valence-corrected chi connectivity index (χ1v) is 18.3. The SMILES string of the molecule is CCCCCCCCCCCCCCCCCCCCCC(O)C(CO)NC(=O)CC(O)CCCCCCCCC. The first kappa shape index (κ1) is 40.4. The Morgan fingerprint density at radius 3 is 1.17 bits per heavy atom. The van der Waals surface area contributed by atoms with Crippen molar-refractivity contribution in [1.29, 1.82) is 0 Å². The molecule has 0 aromatic rings. The van der Waals surface area contributed by atoms with Crippen LogP contribution in [0.3, 0.4) is 0 Å². The first-order valence-electron chi connectivity index (χ1n) is 18.3. The number of carbonyl (C=O) groups excluding carboxylic acids is 1. The first-order chi connectivity index (χ1) is 20.0. The predicted octanol–water partition coefficient (Wildman–Crippen LogP) is 9.54. The maximum Gasteiger partial charge on any atom is 0.222 e. The number of hydrogen-bond donors (Lipinski definition) is 4. The van der Waals surface area contributed by atoms with E-state index in [4.69, 9.17) is 0 Å². The lowest BCUT2D eigenvalue weighted by Gasteiger charge is -2.23. The zero-order chi connectivity index (χ0) is 30.2. The van der Waals surface area contributed by atoms with Crippen molar-refractivity contribution in [2.24, 2.45) is 0 Å². The van der Waals surface area contributed by atoms with Crippen LogP contribution in [-0.2, 0) is 4.79 Å². The zero-order valence-electron chi connectivity index (χ0n) is 27.7. The van der Waals surface area contributed by atoms with Gasteiger partial charge in [-0.05, 0) is 12.8 Å². The van der Waals surface area contributed by atoms with Gasteiger partial charge in [0.2, 0.25) is 5.91 Å². The fourth-order valence-electron chi connectivity index (χ4n) is 5.82. The Hall–Kier alpha value is -0.650. The Morgan fingerprint density at radius 1 is 0.512 bits per heavy atom. The molecule has 5 nitrogen and oxygen atoms in total. The lowest BCUT2D eigenvalue weighted by molar-refractivity contribution is -0.125. The molecule has 4 N–H and O–H groups in total. The highest BCUT2D eigenvalue weighted by Crippen LogP contribution is 2.16. The average Bonchev–Trinajstić information content (AvgIpc) is 2.96. The minimum atomic E-state index is -0.741. The molecule has 0 aliphatic heterocycles. The molecule has 0 spiro atoms. The van der Waals surface area contributed by atoms with Crippen molar-refractivity contribution in [3.8, 4) is 0 Å². The van der Waals surface area contributed by atoms with E-state index in [9.17, 15) is 20.1 Å². The van der Waals surface area contributed by atoms with Gasteiger partial charge in [-0.25, -0.2) is 0 Å². The summed E-state index contributed by atoms with van der Waals surface area (Å²) < 4.78 is 0. The van der Waals surface area contributed by atoms with Gasteiger partial charge in [0, 0.05) is 0 Å². The van der Waals surface area contributed by atoms with Gasteiger partial charge < -0.3 is 20.6 Å². The monoisotopic (exact) mass is 584 g/mol. The molecule has 0 saturated carbocycles. The van der Waals surface area contributed by atoms with E-state index in [1.807, 2.05) is 0 Å². The minimum absolute atomic E-state index is 0.0400. The second-order valence-corrected chi connectivity index (χ2v) is 12.8. The molecule has 1 amide bonds. The van der Waals surface area contributed by atoms with Gasteiger partial charge in [0.1, 0.15) is 0 Å². The van der Waals surface area contributed by atoms with Gasteiger partial charge in [0.25, 0.3) is 0 Å². The van der Waals surface area contributed by atoms with Crippen LogP contribution in [0.1, 0.15) is 200 Å². The van der Waals surface area contributed by atoms with Gasteiger partial charge in [-0.15, -0.1) is 0 Å². The summed E-state index contributed by atoms with van der Waals surface area (Å²) in [6.45, 7) is 4.22. The standard InChI is InChI=1S/C36H73NO4/c1-3-5-7-9-11-12-13-14-15-16-17-18-19-20-21-22-24-26-28-30-35(40)34(32-38)37-36(41)31-33(39)29-27-25-23-10-8-6-4-2/h33-35,38-40H,3-32H2,1-2H3,(H,37,41). The fourth-order valence-corrected chi connectivity index (χ4v) is 5.82. The van der Waals surface area contributed by atoms with Crippen molar-refractivity contribution < 1.29 is 20.1 Å². The number of nitrogens with one attached hydrogen (secondary N) is 1. The van der Waals surface area contributed by atoms with Crippen molar-refractivity contribution in [3.63, 3.8) is 0 Å². The lowest BCUT2D eigenvalue weighted by atomic mass is 10.0. The van der Waals surface area contributed by atoms with Crippen LogP contribution in [0.25, 0.3) is 0 Å². The number of aliphatic hydroxyl groups excluding tert-OH is 3. The van der Waals surface area contributed by atoms with Crippen molar-refractivity contribution in [1.82, 2.24) is 5.32 Å². The summed E-state index contributed by atoms with van der Waals surface area (Å²) in [7, 11) is 0. The summed E-state index contributed by atoms with van der Waals surface area (Å²) in [4.78, 5) is 12.3. The number of hydrogen-bond acceptors (Lipinski definition) is 4. The molecule has 41 heavy (non-hydrogen) atoms. The molecule has 246 valence electrons. The largest absolute Gasteiger partial charge is 0.394 e. The maximum absolute atomic E-state index is 12.3. The zero-order valence-corrected chi connectivity index (χ0v) is 27.7. The van der Waals surface area contributed by atoms with E-state index in [1.54, 1.807) is 0 Å². The number of amides is 1. The molecule has 0 aromatic heterocycles. The number of carbonyl (C=O) groups is 1. The van der Waals surface area contributed by atoms with Crippen molar-refractivity contribution in [2.75, 3.05) is 6.61 Å². The van der Waals surface area contributed by atoms with Crippen LogP contribution in [0.2, 0.25) is 0 Å². The maximum atomic E-state index is 12.3. The highest BCUT2D eigenvalue weighted by molar-refractivity contribution is 5.76. The van der Waals surface area contributed by atoms with Crippen LogP contribution < -0.4 is 5.32 Å². The molecule has 0 aromatic carbocycles. The molecule has 0 bridgehead atoms. The molecule has 0 aliphatic rings. The highest BCUT2D eigenvalue weighted by atomic mass is 16.3. The number of rotatable bonds is 33. The van der Waals surface area contributed by atoms with E-state index in [0.717, 1.165) is 25.7 Å². The topological polar surface area (TPSA) is 89.8 Å². The molecule has 0 aliphatic carbocycles. The van der Waals surface area contributed by atoms with E-state index in [2.05, 4.69) is 19.2 Å². The minimum Gasteiger partial charge on any atom is -0.394 e. The average molecular weight is 584 g/mol. The van der Waals surface area contributed by atoms with Crippen LogP contribution in [0.5, 0.6) is 0 Å². The summed E-state index contributed by atoms with van der Waals surface area (Å²) >= 11 is 0. The summed E-state index contributed by atoms with van der Waals surface area (Å²) in [5, 5.41) is 33.0. The smallest absolute Gasteiger partial charge is 0.222 e. The van der Waals surface area contributed by atoms with E-state index >= 15 is 0 Å². The molecule has 0 fully saturated rings. The van der Waals surface area contributed by atoms with E-state index < -0.39 is 18.2 Å². The Bertz CT molecular complexity index is 530. The predicted molar refractivity (Wildman–Crippen MR) is 176 cm³/mol. The molecule has 0 heterocycles. The van der Waals surface area contributed by atoms with Crippen LogP contribution in [0.15, 0.2) is 0 Å². The van der Waals surface area contributed by atoms with Crippen LogP contribution in [0.4, 0.5) is 0 Å². The molecule has 0 radical (unpaired) electrons. The molecular weight excluding hydrogens is 510 g/mol. The third kappa shape index (κ3) is 29.2. The van der Waals surface area contributed by atoms with Gasteiger partial charge >= 0.3 is 0 Å². The molecular formula is C36H73NO4. The Morgan fingerprint density at radius 2 is 0.829 bits per heavy atom. The second kappa shape index (κ2) is 32.3. The van der Waals surface area contributed by atoms with Gasteiger partial charge in [-0.3, -0.25) is 4.79 Å². The van der Waals surface area contributed by atoms with E-state index in [1.165, 1.54) is 141 Å². The van der Waals surface area contributed by atoms with Gasteiger partial charge in [-0.1, -0.05) is 181 Å². The quantitative estimate of drug-likeness (QED) is 0.0579. The van der Waals surface area contributed by atoms with Crippen molar-refractivity contribution in [3.05, 3.63) is 0 Å². The third-order valence-corrected chi connectivity index (χ3v) is 8.67. The lowest BCUT2D eigenvalue weighted by Crippen LogP contribution is -2.46. The Balaban J connectivity index is 3.58. The van der Waals surface area contributed by atoms with E-state index in [-0.39, 0.29) is 18.9 Å². The van der Waals surface area contributed by atoms with Crippen LogP contribution in [-0.4, -0.2) is 46.1 Å². The van der Waals surface area contributed by atoms with Gasteiger partial charge in [0.05, 0.1) is 31.3 Å². The van der Waals surface area contributed by atoms with Gasteiger partial charge in [-0.2, -0.15) is 0 Å². The summed E-state index contributed by atoms with van der Waals surface area (Å²) in [5.41, 5.74) is 0. The molecule has 0 saturated heterocycles. The van der Waals surface area contributed by atoms with Crippen LogP contribution >= 0.6 is 0 Å². The van der Waals surface area contributed by atoms with Crippen LogP contribution in [0, 0.1) is 0 Å². The highest BCUT2D eigenvalue weighted by Gasteiger charge is 2.21. The molecule has 5 heteroatoms. The molecule has 0 rings (SSSR count).